The van der Waals surface area contributed by atoms with Gasteiger partial charge in [-0.05, 0) is 57.9 Å². The third-order valence-electron chi connectivity index (χ3n) is 3.04. The second kappa shape index (κ2) is 4.57. The van der Waals surface area contributed by atoms with E-state index in [2.05, 4.69) is 4.18 Å². The van der Waals surface area contributed by atoms with E-state index in [1.807, 2.05) is 6.07 Å². The van der Waals surface area contributed by atoms with Crippen LogP contribution in [0.15, 0.2) is 42.5 Å². The number of rotatable bonds is 2. The smallest absolute Gasteiger partial charge is 0.299 e. The Labute approximate surface area is 115 Å². The Bertz CT molecular complexity index is 891. The molecule has 0 aliphatic heterocycles. The van der Waals surface area contributed by atoms with E-state index in [1.54, 1.807) is 24.3 Å². The summed E-state index contributed by atoms with van der Waals surface area (Å²) in [5.41, 5.74) is 0. The van der Waals surface area contributed by atoms with Crippen LogP contribution in [0.4, 0.5) is 0 Å². The van der Waals surface area contributed by atoms with Gasteiger partial charge in [-0.2, -0.15) is 8.42 Å². The van der Waals surface area contributed by atoms with Crippen molar-refractivity contribution in [2.45, 2.75) is 0 Å². The molecule has 0 saturated carbocycles. The fourth-order valence-corrected chi connectivity index (χ4v) is 2.43. The Morgan fingerprint density at radius 2 is 1.30 bits per heavy atom. The normalized spacial score (nSPS) is 11.2. The lowest BCUT2D eigenvalue weighted by Crippen LogP contribution is -1.89. The van der Waals surface area contributed by atoms with Gasteiger partial charge >= 0.3 is 0 Å². The predicted molar refractivity (Wildman–Crippen MR) is 75.7 cm³/mol. The number of fused-ring (bicyclic) bond motifs is 2. The first-order chi connectivity index (χ1) is 9.52. The van der Waals surface area contributed by atoms with Crippen LogP contribution in [0.5, 0.6) is 17.2 Å². The van der Waals surface area contributed by atoms with E-state index < -0.39 is 11.0 Å². The predicted octanol–water partition coefficient (Wildman–Crippen LogP) is 2.31. The zero-order valence-electron chi connectivity index (χ0n) is 10.1. The van der Waals surface area contributed by atoms with Gasteiger partial charge in [-0.15, -0.1) is 0 Å². The third-order valence-corrected chi connectivity index (χ3v) is 3.40. The largest absolute Gasteiger partial charge is 0.504 e. The summed E-state index contributed by atoms with van der Waals surface area (Å²) in [6.45, 7) is 0. The summed E-state index contributed by atoms with van der Waals surface area (Å²) in [4.78, 5) is 0. The Balaban J connectivity index is 2.25. The van der Waals surface area contributed by atoms with Gasteiger partial charge in [0.25, 0.3) is 11.0 Å². The molecular formula is C14H10O5S. The highest BCUT2D eigenvalue weighted by Crippen LogP contribution is 2.33. The van der Waals surface area contributed by atoms with Gasteiger partial charge in [0.1, 0.15) is 5.75 Å². The van der Waals surface area contributed by atoms with Crippen molar-refractivity contribution in [3.05, 3.63) is 42.5 Å². The minimum Gasteiger partial charge on any atom is -0.504 e. The standard InChI is InChI=1S/C14H10O5S/c15-13-6-10-3-8-1-2-12(19-20(17)18)5-9(8)4-11(10)7-14(13)16/h1-7,15-16,20H. The molecule has 0 aliphatic rings. The van der Waals surface area contributed by atoms with Crippen molar-refractivity contribution in [2.24, 2.45) is 0 Å². The first-order valence-electron chi connectivity index (χ1n) is 5.75. The lowest BCUT2D eigenvalue weighted by Gasteiger charge is -2.06. The molecule has 0 atom stereocenters. The molecule has 0 aromatic heterocycles. The number of aromatic hydroxyl groups is 2. The molecule has 0 heterocycles. The summed E-state index contributed by atoms with van der Waals surface area (Å²) in [5.74, 6) is -0.150. The molecule has 20 heavy (non-hydrogen) atoms. The average Bonchev–Trinajstić information content (AvgIpc) is 2.37. The Kier molecular flexibility index (Phi) is 2.87. The van der Waals surface area contributed by atoms with E-state index in [-0.39, 0.29) is 17.2 Å². The number of benzene rings is 3. The van der Waals surface area contributed by atoms with Crippen LogP contribution in [0.25, 0.3) is 21.5 Å². The van der Waals surface area contributed by atoms with Crippen LogP contribution in [-0.2, 0) is 11.0 Å². The van der Waals surface area contributed by atoms with Crippen LogP contribution in [0.1, 0.15) is 0 Å². The topological polar surface area (TPSA) is 83.8 Å². The highest BCUT2D eigenvalue weighted by atomic mass is 32.2. The molecule has 6 heteroatoms. The van der Waals surface area contributed by atoms with E-state index in [0.717, 1.165) is 21.5 Å². The van der Waals surface area contributed by atoms with Crippen molar-refractivity contribution < 1.29 is 22.8 Å². The molecule has 0 unspecified atom stereocenters. The van der Waals surface area contributed by atoms with Gasteiger partial charge in [0.05, 0.1) is 0 Å². The molecule has 0 saturated heterocycles. The fourth-order valence-electron chi connectivity index (χ4n) is 2.15. The molecule has 0 fully saturated rings. The van der Waals surface area contributed by atoms with Crippen LogP contribution in [0.2, 0.25) is 0 Å². The van der Waals surface area contributed by atoms with Crippen molar-refractivity contribution in [3.63, 3.8) is 0 Å². The summed E-state index contributed by atoms with van der Waals surface area (Å²) < 4.78 is 25.7. The highest BCUT2D eigenvalue weighted by Gasteiger charge is 2.05. The molecule has 0 amide bonds. The molecule has 102 valence electrons. The van der Waals surface area contributed by atoms with Crippen molar-refractivity contribution >= 4 is 32.5 Å². The molecule has 0 spiro atoms. The van der Waals surface area contributed by atoms with E-state index in [1.165, 1.54) is 12.1 Å². The molecule has 3 aromatic rings. The zero-order chi connectivity index (χ0) is 14.3. The third kappa shape index (κ3) is 2.21. The average molecular weight is 290 g/mol. The maximum Gasteiger partial charge on any atom is 0.299 e. The van der Waals surface area contributed by atoms with Gasteiger partial charge in [-0.1, -0.05) is 6.07 Å². The van der Waals surface area contributed by atoms with Crippen molar-refractivity contribution in [2.75, 3.05) is 0 Å². The van der Waals surface area contributed by atoms with Gasteiger partial charge in [-0.3, -0.25) is 0 Å². The van der Waals surface area contributed by atoms with Crippen molar-refractivity contribution in [1.82, 2.24) is 0 Å². The number of hydrogen-bond donors (Lipinski definition) is 3. The van der Waals surface area contributed by atoms with Gasteiger partial charge in [0.15, 0.2) is 11.5 Å². The summed E-state index contributed by atoms with van der Waals surface area (Å²) in [7, 11) is -2.95. The van der Waals surface area contributed by atoms with E-state index in [4.69, 9.17) is 0 Å². The molecule has 0 radical (unpaired) electrons. The summed E-state index contributed by atoms with van der Waals surface area (Å²) in [6.07, 6.45) is 0. The van der Waals surface area contributed by atoms with Gasteiger partial charge in [-0.25, -0.2) is 0 Å². The van der Waals surface area contributed by atoms with Crippen LogP contribution in [0.3, 0.4) is 0 Å². The first-order valence-corrected chi connectivity index (χ1v) is 6.84. The summed E-state index contributed by atoms with van der Waals surface area (Å²) >= 11 is 0. The van der Waals surface area contributed by atoms with E-state index in [0.29, 0.717) is 0 Å². The maximum absolute atomic E-state index is 10.6. The van der Waals surface area contributed by atoms with E-state index in [9.17, 15) is 18.6 Å². The van der Waals surface area contributed by atoms with Crippen LogP contribution < -0.4 is 4.18 Å². The van der Waals surface area contributed by atoms with Crippen molar-refractivity contribution in [1.29, 1.82) is 0 Å². The van der Waals surface area contributed by atoms with Gasteiger partial charge in [0.2, 0.25) is 0 Å². The van der Waals surface area contributed by atoms with Gasteiger partial charge in [0, 0.05) is 0 Å². The Morgan fingerprint density at radius 3 is 1.90 bits per heavy atom. The zero-order valence-corrected chi connectivity index (χ0v) is 11.0. The summed E-state index contributed by atoms with van der Waals surface area (Å²) in [5, 5.41) is 22.2. The van der Waals surface area contributed by atoms with Gasteiger partial charge < -0.3 is 14.4 Å². The SMILES string of the molecule is O=[SH](=O)Oc1ccc2cc3cc(O)c(O)cc3cc2c1. The molecule has 3 aromatic carbocycles. The van der Waals surface area contributed by atoms with E-state index >= 15 is 0 Å². The molecule has 5 nitrogen and oxygen atoms in total. The molecule has 3 rings (SSSR count). The lowest BCUT2D eigenvalue weighted by molar-refractivity contribution is 0.405. The van der Waals surface area contributed by atoms with Crippen LogP contribution in [0, 0.1) is 0 Å². The Hall–Kier alpha value is -2.47. The molecule has 0 bridgehead atoms. The maximum atomic E-state index is 10.6. The van der Waals surface area contributed by atoms with Crippen LogP contribution in [-0.4, -0.2) is 18.6 Å². The minimum absolute atomic E-state index is 0.180. The number of hydrogen-bond acceptors (Lipinski definition) is 5. The minimum atomic E-state index is -2.95. The molecule has 0 aliphatic carbocycles. The molecule has 2 N–H and O–H groups in total. The number of phenols is 2. The Morgan fingerprint density at radius 1 is 0.750 bits per heavy atom. The highest BCUT2D eigenvalue weighted by molar-refractivity contribution is 7.67. The van der Waals surface area contributed by atoms with Crippen LogP contribution >= 0.6 is 0 Å². The quantitative estimate of drug-likeness (QED) is 0.383. The molecular weight excluding hydrogens is 280 g/mol. The monoisotopic (exact) mass is 290 g/mol. The second-order valence-electron chi connectivity index (χ2n) is 4.36. The second-order valence-corrected chi connectivity index (χ2v) is 4.99. The lowest BCUT2D eigenvalue weighted by atomic mass is 10.0. The number of phenolic OH excluding ortho intramolecular Hbond substituents is 2. The number of thiol groups is 1. The first kappa shape index (κ1) is 12.6. The summed E-state index contributed by atoms with van der Waals surface area (Å²) in [6, 6.07) is 11.4. The van der Waals surface area contributed by atoms with Crippen molar-refractivity contribution in [3.8, 4) is 17.2 Å². The fraction of sp³-hybridized carbons (Fsp3) is 0.